The van der Waals surface area contributed by atoms with E-state index in [9.17, 15) is 10.1 Å². The average molecular weight is 422 g/mol. The molecule has 0 spiro atoms. The molecular formula is C21H26N8O2. The third-order valence-corrected chi connectivity index (χ3v) is 5.99. The first-order valence-corrected chi connectivity index (χ1v) is 10.7. The lowest BCUT2D eigenvalue weighted by atomic mass is 10.1. The minimum absolute atomic E-state index is 0.00526. The molecule has 10 heteroatoms. The maximum absolute atomic E-state index is 11.6. The molecule has 3 aromatic rings. The molecule has 0 amide bonds. The van der Waals surface area contributed by atoms with Gasteiger partial charge in [0.05, 0.1) is 16.3 Å². The Morgan fingerprint density at radius 2 is 1.52 bits per heavy atom. The maximum Gasteiger partial charge on any atom is 0.311 e. The Morgan fingerprint density at radius 3 is 2.10 bits per heavy atom. The van der Waals surface area contributed by atoms with Gasteiger partial charge in [0.25, 0.3) is 0 Å². The summed E-state index contributed by atoms with van der Waals surface area (Å²) >= 11 is 0. The van der Waals surface area contributed by atoms with Crippen LogP contribution in [0, 0.1) is 24.0 Å². The fourth-order valence-electron chi connectivity index (χ4n) is 4.60. The van der Waals surface area contributed by atoms with Crippen molar-refractivity contribution in [2.45, 2.75) is 64.7 Å². The summed E-state index contributed by atoms with van der Waals surface area (Å²) < 4.78 is 4.30. The molecule has 3 aromatic heterocycles. The van der Waals surface area contributed by atoms with E-state index in [1.54, 1.807) is 6.07 Å². The number of imidazole rings is 2. The van der Waals surface area contributed by atoms with Gasteiger partial charge in [-0.15, -0.1) is 0 Å². The van der Waals surface area contributed by atoms with E-state index < -0.39 is 0 Å². The fourth-order valence-corrected chi connectivity index (χ4v) is 4.60. The monoisotopic (exact) mass is 422 g/mol. The highest BCUT2D eigenvalue weighted by atomic mass is 16.6. The predicted octanol–water partition coefficient (Wildman–Crippen LogP) is 2.85. The zero-order valence-corrected chi connectivity index (χ0v) is 17.7. The van der Waals surface area contributed by atoms with Gasteiger partial charge in [-0.1, -0.05) is 0 Å². The summed E-state index contributed by atoms with van der Waals surface area (Å²) in [5, 5.41) is 18.4. The van der Waals surface area contributed by atoms with Crippen LogP contribution >= 0.6 is 0 Å². The van der Waals surface area contributed by atoms with Gasteiger partial charge >= 0.3 is 5.69 Å². The van der Waals surface area contributed by atoms with Gasteiger partial charge in [-0.25, -0.2) is 15.0 Å². The van der Waals surface area contributed by atoms with E-state index in [4.69, 9.17) is 0 Å². The van der Waals surface area contributed by atoms with Gasteiger partial charge in [0.15, 0.2) is 0 Å². The van der Waals surface area contributed by atoms with Crippen molar-refractivity contribution in [3.8, 4) is 0 Å². The molecule has 0 saturated heterocycles. The Balaban J connectivity index is 1.32. The Hall–Kier alpha value is -3.43. The van der Waals surface area contributed by atoms with Crippen LogP contribution in [0.25, 0.3) is 0 Å². The van der Waals surface area contributed by atoms with Gasteiger partial charge in [-0.2, -0.15) is 0 Å². The van der Waals surface area contributed by atoms with Crippen LogP contribution in [0.3, 0.4) is 0 Å². The molecule has 5 rings (SSSR count). The van der Waals surface area contributed by atoms with E-state index in [0.29, 0.717) is 11.6 Å². The molecule has 2 unspecified atom stereocenters. The number of fused-ring (bicyclic) bond motifs is 2. The van der Waals surface area contributed by atoms with E-state index in [1.165, 1.54) is 6.07 Å². The van der Waals surface area contributed by atoms with Crippen molar-refractivity contribution >= 4 is 17.3 Å². The van der Waals surface area contributed by atoms with E-state index in [2.05, 4.69) is 40.9 Å². The number of nitrogens with one attached hydrogen (secondary N) is 2. The molecule has 0 radical (unpaired) electrons. The van der Waals surface area contributed by atoms with E-state index in [0.717, 1.165) is 61.8 Å². The number of aromatic nitrogens is 5. The minimum Gasteiger partial charge on any atom is -0.365 e. The zero-order chi connectivity index (χ0) is 21.5. The predicted molar refractivity (Wildman–Crippen MR) is 116 cm³/mol. The molecule has 0 aliphatic carbocycles. The van der Waals surface area contributed by atoms with Crippen molar-refractivity contribution < 1.29 is 4.92 Å². The van der Waals surface area contributed by atoms with Crippen molar-refractivity contribution in [2.75, 3.05) is 10.6 Å². The van der Waals surface area contributed by atoms with Gasteiger partial charge in [0.2, 0.25) is 5.82 Å². The Bertz CT molecular complexity index is 1130. The number of rotatable bonds is 5. The van der Waals surface area contributed by atoms with Gasteiger partial charge in [0.1, 0.15) is 17.5 Å². The summed E-state index contributed by atoms with van der Waals surface area (Å²) in [6.45, 7) is 5.51. The molecule has 10 nitrogen and oxygen atoms in total. The van der Waals surface area contributed by atoms with Gasteiger partial charge in [0, 0.05) is 56.5 Å². The molecule has 0 saturated carbocycles. The molecule has 162 valence electrons. The second kappa shape index (κ2) is 7.68. The molecule has 0 fully saturated rings. The number of pyridine rings is 1. The molecule has 5 heterocycles. The SMILES string of the molecule is Cc1cn2c(n1)CCC(Nc1ccc([N+](=O)[O-])c(NC3CCc4nc(C)cn4C3)n1)C2. The number of hydrogen-bond acceptors (Lipinski definition) is 7. The smallest absolute Gasteiger partial charge is 0.311 e. The normalized spacial score (nSPS) is 20.1. The Kier molecular flexibility index (Phi) is 4.84. The Labute approximate surface area is 179 Å². The molecule has 2 aliphatic rings. The quantitative estimate of drug-likeness (QED) is 0.480. The van der Waals surface area contributed by atoms with Crippen LogP contribution in [-0.2, 0) is 25.9 Å². The summed E-state index contributed by atoms with van der Waals surface area (Å²) in [5.41, 5.74) is 2.02. The third-order valence-electron chi connectivity index (χ3n) is 5.99. The first kappa shape index (κ1) is 19.5. The van der Waals surface area contributed by atoms with Gasteiger partial charge < -0.3 is 19.8 Å². The van der Waals surface area contributed by atoms with Crippen LogP contribution in [-0.4, -0.2) is 41.1 Å². The Morgan fingerprint density at radius 1 is 0.935 bits per heavy atom. The van der Waals surface area contributed by atoms with Crippen LogP contribution in [0.4, 0.5) is 17.3 Å². The molecule has 0 aromatic carbocycles. The van der Waals surface area contributed by atoms with Crippen molar-refractivity contribution in [1.29, 1.82) is 0 Å². The summed E-state index contributed by atoms with van der Waals surface area (Å²) in [7, 11) is 0. The topological polar surface area (TPSA) is 116 Å². The highest BCUT2D eigenvalue weighted by Crippen LogP contribution is 2.28. The molecule has 2 atom stereocenters. The fraction of sp³-hybridized carbons (Fsp3) is 0.476. The van der Waals surface area contributed by atoms with Crippen LogP contribution in [0.2, 0.25) is 0 Å². The van der Waals surface area contributed by atoms with E-state index in [1.807, 2.05) is 20.0 Å². The molecule has 2 aliphatic heterocycles. The van der Waals surface area contributed by atoms with Crippen molar-refractivity contribution in [2.24, 2.45) is 0 Å². The van der Waals surface area contributed by atoms with Crippen LogP contribution in [0.15, 0.2) is 24.5 Å². The molecule has 31 heavy (non-hydrogen) atoms. The standard InChI is InChI=1S/C21H26N8O2/c1-13-9-27-11-15(3-7-19(27)22-13)24-18-6-5-17(29(30)31)21(26-18)25-16-4-8-20-23-14(2)10-28(20)12-16/h5-6,9-10,15-16H,3-4,7-8,11-12H2,1-2H3,(H2,24,25,26). The number of nitro groups is 1. The average Bonchev–Trinajstić information content (AvgIpc) is 3.27. The van der Waals surface area contributed by atoms with E-state index >= 15 is 0 Å². The second-order valence-corrected chi connectivity index (χ2v) is 8.48. The first-order valence-electron chi connectivity index (χ1n) is 10.7. The largest absolute Gasteiger partial charge is 0.365 e. The number of aryl methyl sites for hydroxylation is 4. The van der Waals surface area contributed by atoms with Crippen LogP contribution < -0.4 is 10.6 Å². The summed E-state index contributed by atoms with van der Waals surface area (Å²) in [6.07, 6.45) is 7.64. The van der Waals surface area contributed by atoms with Crippen LogP contribution in [0.1, 0.15) is 35.9 Å². The van der Waals surface area contributed by atoms with E-state index in [-0.39, 0.29) is 22.7 Å². The molecule has 2 N–H and O–H groups in total. The molecule has 0 bridgehead atoms. The second-order valence-electron chi connectivity index (χ2n) is 8.48. The molecular weight excluding hydrogens is 396 g/mol. The highest BCUT2D eigenvalue weighted by molar-refractivity contribution is 5.60. The number of anilines is 2. The first-order chi connectivity index (χ1) is 14.9. The minimum atomic E-state index is -0.379. The summed E-state index contributed by atoms with van der Waals surface area (Å²) in [6, 6.07) is 3.49. The highest BCUT2D eigenvalue weighted by Gasteiger charge is 2.25. The van der Waals surface area contributed by atoms with Crippen molar-refractivity contribution in [3.05, 3.63) is 57.7 Å². The third kappa shape index (κ3) is 3.97. The van der Waals surface area contributed by atoms with Crippen molar-refractivity contribution in [1.82, 2.24) is 24.1 Å². The number of nitrogens with zero attached hydrogens (tertiary/aromatic N) is 6. The lowest BCUT2D eigenvalue weighted by molar-refractivity contribution is -0.384. The van der Waals surface area contributed by atoms with Gasteiger partial charge in [-0.3, -0.25) is 10.1 Å². The lowest BCUT2D eigenvalue weighted by Gasteiger charge is -2.26. The summed E-state index contributed by atoms with van der Waals surface area (Å²) in [4.78, 5) is 24.9. The van der Waals surface area contributed by atoms with Crippen LogP contribution in [0.5, 0.6) is 0 Å². The number of hydrogen-bond donors (Lipinski definition) is 2. The lowest BCUT2D eigenvalue weighted by Crippen LogP contribution is -2.32. The maximum atomic E-state index is 11.6. The van der Waals surface area contributed by atoms with Gasteiger partial charge in [-0.05, 0) is 32.8 Å². The summed E-state index contributed by atoms with van der Waals surface area (Å²) in [5.74, 6) is 3.14. The zero-order valence-electron chi connectivity index (χ0n) is 17.7. The van der Waals surface area contributed by atoms with Crippen molar-refractivity contribution in [3.63, 3.8) is 0 Å².